The second-order valence-corrected chi connectivity index (χ2v) is 11.2. The Morgan fingerprint density at radius 1 is 0.825 bits per heavy atom. The zero-order valence-electron chi connectivity index (χ0n) is 22.3. The molecular weight excluding hydrogens is 528 g/mol. The normalized spacial score (nSPS) is 12.0. The molecular formula is C30H30N4O5S. The Bertz CT molecular complexity index is 1620. The first-order valence-electron chi connectivity index (χ1n) is 12.5. The summed E-state index contributed by atoms with van der Waals surface area (Å²) >= 11 is 0. The van der Waals surface area contributed by atoms with Crippen LogP contribution in [0.5, 0.6) is 0 Å². The highest BCUT2D eigenvalue weighted by molar-refractivity contribution is 7.89. The molecule has 0 aliphatic heterocycles. The molecule has 0 saturated heterocycles. The van der Waals surface area contributed by atoms with Crippen molar-refractivity contribution < 1.29 is 23.1 Å². The number of hydrogen-bond acceptors (Lipinski definition) is 5. The summed E-state index contributed by atoms with van der Waals surface area (Å²) in [7, 11) is -4.07. The molecule has 3 aromatic carbocycles. The average Bonchev–Trinajstić information content (AvgIpc) is 2.88. The van der Waals surface area contributed by atoms with Gasteiger partial charge in [0.15, 0.2) is 0 Å². The molecule has 9 nitrogen and oxygen atoms in total. The molecule has 4 aromatic rings. The molecule has 0 unspecified atom stereocenters. The minimum Gasteiger partial charge on any atom is -0.480 e. The summed E-state index contributed by atoms with van der Waals surface area (Å²) in [6.07, 6.45) is 3.12. The number of amides is 2. The fourth-order valence-electron chi connectivity index (χ4n) is 4.60. The van der Waals surface area contributed by atoms with Crippen LogP contribution in [0.2, 0.25) is 0 Å². The third kappa shape index (κ3) is 7.10. The fraction of sp³-hybridized carbons (Fsp3) is 0.167. The van der Waals surface area contributed by atoms with Crippen LogP contribution >= 0.6 is 0 Å². The van der Waals surface area contributed by atoms with Gasteiger partial charge < -0.3 is 15.7 Å². The molecule has 0 aliphatic rings. The van der Waals surface area contributed by atoms with E-state index in [0.717, 1.165) is 16.7 Å². The molecule has 206 valence electrons. The third-order valence-electron chi connectivity index (χ3n) is 6.25. The first-order valence-corrected chi connectivity index (χ1v) is 14.0. The van der Waals surface area contributed by atoms with Crippen molar-refractivity contribution in [1.82, 2.24) is 9.71 Å². The molecule has 4 rings (SSSR count). The number of carbonyl (C=O) groups excluding carboxylic acids is 1. The maximum Gasteiger partial charge on any atom is 0.323 e. The molecule has 0 radical (unpaired) electrons. The zero-order valence-corrected chi connectivity index (χ0v) is 23.1. The maximum absolute atomic E-state index is 13.2. The van der Waals surface area contributed by atoms with Crippen LogP contribution in [0, 0.1) is 20.8 Å². The van der Waals surface area contributed by atoms with Gasteiger partial charge in [-0.25, -0.2) is 13.2 Å². The molecule has 1 heterocycles. The van der Waals surface area contributed by atoms with E-state index in [1.807, 2.05) is 31.2 Å². The van der Waals surface area contributed by atoms with Crippen LogP contribution in [-0.4, -0.2) is 36.6 Å². The molecule has 10 heteroatoms. The minimum absolute atomic E-state index is 0.0405. The minimum atomic E-state index is -4.07. The van der Waals surface area contributed by atoms with Crippen molar-refractivity contribution in [3.8, 4) is 11.1 Å². The number of sulfonamides is 1. The molecule has 1 atom stereocenters. The molecule has 0 bridgehead atoms. The van der Waals surface area contributed by atoms with Crippen LogP contribution in [0.3, 0.4) is 0 Å². The highest BCUT2D eigenvalue weighted by Gasteiger charge is 2.28. The summed E-state index contributed by atoms with van der Waals surface area (Å²) in [5.41, 5.74) is 5.58. The van der Waals surface area contributed by atoms with E-state index in [1.165, 1.54) is 0 Å². The summed E-state index contributed by atoms with van der Waals surface area (Å²) in [5.74, 6) is -1.27. The number of aromatic nitrogens is 1. The Labute approximate surface area is 233 Å². The van der Waals surface area contributed by atoms with Crippen molar-refractivity contribution in [1.29, 1.82) is 0 Å². The Balaban J connectivity index is 1.47. The Morgan fingerprint density at radius 3 is 2.02 bits per heavy atom. The number of urea groups is 1. The maximum atomic E-state index is 13.2. The van der Waals surface area contributed by atoms with Gasteiger partial charge in [0.1, 0.15) is 6.04 Å². The van der Waals surface area contributed by atoms with E-state index in [-0.39, 0.29) is 17.3 Å². The molecule has 0 saturated carbocycles. The molecule has 0 fully saturated rings. The summed E-state index contributed by atoms with van der Waals surface area (Å²) in [6.45, 7) is 5.27. The van der Waals surface area contributed by atoms with Gasteiger partial charge in [0.2, 0.25) is 10.0 Å². The predicted octanol–water partition coefficient (Wildman–Crippen LogP) is 5.29. The lowest BCUT2D eigenvalue weighted by Crippen LogP contribution is -2.42. The van der Waals surface area contributed by atoms with Gasteiger partial charge in [-0.15, -0.1) is 0 Å². The number of aliphatic carboxylic acids is 1. The largest absolute Gasteiger partial charge is 0.480 e. The number of carbonyl (C=O) groups is 2. The van der Waals surface area contributed by atoms with Crippen LogP contribution < -0.4 is 15.4 Å². The summed E-state index contributed by atoms with van der Waals surface area (Å²) in [6, 6.07) is 19.6. The van der Waals surface area contributed by atoms with E-state index in [2.05, 4.69) is 20.3 Å². The van der Waals surface area contributed by atoms with Gasteiger partial charge in [-0.05, 0) is 79.3 Å². The van der Waals surface area contributed by atoms with E-state index in [1.54, 1.807) is 74.8 Å². The number of benzene rings is 3. The van der Waals surface area contributed by atoms with Gasteiger partial charge in [-0.2, -0.15) is 4.72 Å². The number of rotatable bonds is 9. The third-order valence-corrected chi connectivity index (χ3v) is 8.03. The van der Waals surface area contributed by atoms with Gasteiger partial charge in [0, 0.05) is 23.8 Å². The fourth-order valence-corrected chi connectivity index (χ4v) is 6.25. The number of nitrogens with zero attached hydrogens (tertiary/aromatic N) is 1. The van der Waals surface area contributed by atoms with Gasteiger partial charge in [-0.3, -0.25) is 9.78 Å². The highest BCUT2D eigenvalue weighted by atomic mass is 32.2. The quantitative estimate of drug-likeness (QED) is 0.220. The monoisotopic (exact) mass is 558 g/mol. The topological polar surface area (TPSA) is 137 Å². The lowest BCUT2D eigenvalue weighted by atomic mass is 9.99. The molecule has 0 aliphatic carbocycles. The number of pyridine rings is 1. The molecule has 0 spiro atoms. The van der Waals surface area contributed by atoms with Crippen molar-refractivity contribution in [2.75, 3.05) is 10.6 Å². The molecule has 2 amide bonds. The van der Waals surface area contributed by atoms with Crippen LogP contribution in [0.25, 0.3) is 11.1 Å². The number of hydrogen-bond donors (Lipinski definition) is 4. The van der Waals surface area contributed by atoms with E-state index < -0.39 is 22.0 Å². The van der Waals surface area contributed by atoms with Gasteiger partial charge in [0.25, 0.3) is 0 Å². The molecule has 1 aromatic heterocycles. The van der Waals surface area contributed by atoms with E-state index in [0.29, 0.717) is 28.1 Å². The van der Waals surface area contributed by atoms with Crippen LogP contribution in [0.1, 0.15) is 22.3 Å². The standard InChI is InChI=1S/C30H30N4O5S/c1-19-15-20(2)28(21(3)16-19)40(38,39)34-27(29(35)36)18-22-5-4-6-24(17-22)23-7-9-25(10-8-23)32-30(37)33-26-11-13-31-14-12-26/h4-17,27,34H,18H2,1-3H3,(H,35,36)(H2,31,32,33,37)/t27-/m0/s1. The van der Waals surface area contributed by atoms with Crippen molar-refractivity contribution in [3.63, 3.8) is 0 Å². The Hall–Kier alpha value is -4.54. The SMILES string of the molecule is Cc1cc(C)c(S(=O)(=O)N[C@@H](Cc2cccc(-c3ccc(NC(=O)Nc4ccncc4)cc3)c2)C(=O)O)c(C)c1. The zero-order chi connectivity index (χ0) is 28.9. The first-order chi connectivity index (χ1) is 19.0. The van der Waals surface area contributed by atoms with Gasteiger partial charge >= 0.3 is 12.0 Å². The Kier molecular flexibility index (Phi) is 8.61. The van der Waals surface area contributed by atoms with Crippen molar-refractivity contribution in [3.05, 3.63) is 107 Å². The predicted molar refractivity (Wildman–Crippen MR) is 155 cm³/mol. The van der Waals surface area contributed by atoms with Crippen molar-refractivity contribution >= 4 is 33.4 Å². The molecule has 40 heavy (non-hydrogen) atoms. The van der Waals surface area contributed by atoms with Crippen molar-refractivity contribution in [2.24, 2.45) is 0 Å². The number of carboxylic acid groups (broad SMARTS) is 1. The van der Waals surface area contributed by atoms with Crippen LogP contribution in [0.4, 0.5) is 16.2 Å². The van der Waals surface area contributed by atoms with E-state index >= 15 is 0 Å². The van der Waals surface area contributed by atoms with E-state index in [4.69, 9.17) is 0 Å². The smallest absolute Gasteiger partial charge is 0.323 e. The number of carboxylic acids is 1. The van der Waals surface area contributed by atoms with Crippen LogP contribution in [0.15, 0.2) is 90.1 Å². The lowest BCUT2D eigenvalue weighted by molar-refractivity contribution is -0.138. The van der Waals surface area contributed by atoms with Crippen LogP contribution in [-0.2, 0) is 21.2 Å². The second-order valence-electron chi connectivity index (χ2n) is 9.54. The van der Waals surface area contributed by atoms with E-state index in [9.17, 15) is 23.1 Å². The average molecular weight is 559 g/mol. The van der Waals surface area contributed by atoms with Gasteiger partial charge in [0.05, 0.1) is 4.90 Å². The Morgan fingerprint density at radius 2 is 1.43 bits per heavy atom. The first kappa shape index (κ1) is 28.5. The summed E-state index contributed by atoms with van der Waals surface area (Å²) in [4.78, 5) is 28.3. The summed E-state index contributed by atoms with van der Waals surface area (Å²) in [5, 5.41) is 15.3. The number of nitrogens with one attached hydrogen (secondary N) is 3. The number of anilines is 2. The summed E-state index contributed by atoms with van der Waals surface area (Å²) < 4.78 is 28.7. The molecule has 4 N–H and O–H groups in total. The number of aryl methyl sites for hydroxylation is 3. The highest BCUT2D eigenvalue weighted by Crippen LogP contribution is 2.25. The second kappa shape index (κ2) is 12.1. The van der Waals surface area contributed by atoms with Crippen molar-refractivity contribution in [2.45, 2.75) is 38.1 Å². The lowest BCUT2D eigenvalue weighted by Gasteiger charge is -2.18. The van der Waals surface area contributed by atoms with Gasteiger partial charge in [-0.1, -0.05) is 54.1 Å².